The second kappa shape index (κ2) is 8.18. The standard InChI is InChI=1S/C20H19FN2O3S/c1-12-8-13(4-6-15(12)21)10-22-19(24)16-11-27-20(23-16)14-5-7-17(25-2)18(9-14)26-3/h4-9,11H,10H2,1-3H3,(H,22,24). The molecule has 0 unspecified atom stereocenters. The molecule has 0 bridgehead atoms. The highest BCUT2D eigenvalue weighted by atomic mass is 32.1. The van der Waals surface area contributed by atoms with Crippen LogP contribution < -0.4 is 14.8 Å². The number of nitrogens with one attached hydrogen (secondary N) is 1. The number of aryl methyl sites for hydroxylation is 1. The van der Waals surface area contributed by atoms with E-state index in [1.54, 1.807) is 44.7 Å². The lowest BCUT2D eigenvalue weighted by molar-refractivity contribution is 0.0946. The molecule has 1 aromatic heterocycles. The van der Waals surface area contributed by atoms with E-state index in [0.29, 0.717) is 34.3 Å². The second-order valence-electron chi connectivity index (χ2n) is 5.87. The normalized spacial score (nSPS) is 10.5. The fourth-order valence-corrected chi connectivity index (χ4v) is 3.37. The third-order valence-corrected chi connectivity index (χ3v) is 4.93. The molecule has 0 saturated carbocycles. The average molecular weight is 386 g/mol. The number of nitrogens with zero attached hydrogens (tertiary/aromatic N) is 1. The van der Waals surface area contributed by atoms with Crippen LogP contribution in [0.3, 0.4) is 0 Å². The highest BCUT2D eigenvalue weighted by molar-refractivity contribution is 7.13. The van der Waals surface area contributed by atoms with Gasteiger partial charge in [0.05, 0.1) is 14.2 Å². The molecule has 0 radical (unpaired) electrons. The van der Waals surface area contributed by atoms with E-state index < -0.39 is 0 Å². The number of benzene rings is 2. The molecule has 0 aliphatic heterocycles. The van der Waals surface area contributed by atoms with Crippen LogP contribution in [0, 0.1) is 12.7 Å². The van der Waals surface area contributed by atoms with Crippen molar-refractivity contribution < 1.29 is 18.7 Å². The summed E-state index contributed by atoms with van der Waals surface area (Å²) in [5.74, 6) is 0.692. The van der Waals surface area contributed by atoms with Crippen molar-refractivity contribution in [2.75, 3.05) is 14.2 Å². The quantitative estimate of drug-likeness (QED) is 0.690. The molecule has 2 aromatic carbocycles. The topological polar surface area (TPSA) is 60.5 Å². The van der Waals surface area contributed by atoms with Crippen molar-refractivity contribution in [1.82, 2.24) is 10.3 Å². The smallest absolute Gasteiger partial charge is 0.271 e. The molecule has 0 fully saturated rings. The highest BCUT2D eigenvalue weighted by Gasteiger charge is 2.14. The summed E-state index contributed by atoms with van der Waals surface area (Å²) in [5, 5.41) is 5.22. The zero-order chi connectivity index (χ0) is 19.4. The molecular weight excluding hydrogens is 367 g/mol. The molecule has 0 atom stereocenters. The molecule has 3 aromatic rings. The second-order valence-corrected chi connectivity index (χ2v) is 6.73. The maximum atomic E-state index is 13.3. The summed E-state index contributed by atoms with van der Waals surface area (Å²) in [6.45, 7) is 2.00. The number of methoxy groups -OCH3 is 2. The van der Waals surface area contributed by atoms with Gasteiger partial charge in [-0.1, -0.05) is 12.1 Å². The maximum Gasteiger partial charge on any atom is 0.271 e. The average Bonchev–Trinajstić information content (AvgIpc) is 3.18. The number of ether oxygens (including phenoxy) is 2. The fourth-order valence-electron chi connectivity index (χ4n) is 2.57. The first-order valence-corrected chi connectivity index (χ1v) is 9.11. The summed E-state index contributed by atoms with van der Waals surface area (Å²) in [7, 11) is 3.14. The Bertz CT molecular complexity index is 972. The van der Waals surface area contributed by atoms with Crippen molar-refractivity contribution >= 4 is 17.2 Å². The Labute approximate surface area is 160 Å². The molecule has 0 aliphatic rings. The minimum absolute atomic E-state index is 0.260. The Morgan fingerprint density at radius 3 is 2.63 bits per heavy atom. The Morgan fingerprint density at radius 2 is 1.93 bits per heavy atom. The van der Waals surface area contributed by atoms with Gasteiger partial charge in [0.1, 0.15) is 16.5 Å². The molecule has 3 rings (SSSR count). The van der Waals surface area contributed by atoms with Crippen molar-refractivity contribution in [2.24, 2.45) is 0 Å². The summed E-state index contributed by atoms with van der Waals surface area (Å²) in [6.07, 6.45) is 0. The number of amides is 1. The van der Waals surface area contributed by atoms with E-state index in [0.717, 1.165) is 11.1 Å². The number of carbonyl (C=O) groups is 1. The number of rotatable bonds is 6. The molecule has 140 valence electrons. The highest BCUT2D eigenvalue weighted by Crippen LogP contribution is 2.33. The van der Waals surface area contributed by atoms with Crippen LogP contribution in [-0.4, -0.2) is 25.1 Å². The van der Waals surface area contributed by atoms with Crippen LogP contribution in [-0.2, 0) is 6.54 Å². The molecule has 1 amide bonds. The molecule has 7 heteroatoms. The molecular formula is C20H19FN2O3S. The zero-order valence-corrected chi connectivity index (χ0v) is 16.0. The van der Waals surface area contributed by atoms with E-state index in [1.807, 2.05) is 12.1 Å². The van der Waals surface area contributed by atoms with Gasteiger partial charge in [0, 0.05) is 17.5 Å². The van der Waals surface area contributed by atoms with Crippen LogP contribution in [0.2, 0.25) is 0 Å². The van der Waals surface area contributed by atoms with Crippen LogP contribution in [0.15, 0.2) is 41.8 Å². The van der Waals surface area contributed by atoms with Crippen molar-refractivity contribution in [3.8, 4) is 22.1 Å². The summed E-state index contributed by atoms with van der Waals surface area (Å²) in [5.41, 5.74) is 2.55. The van der Waals surface area contributed by atoms with Crippen LogP contribution in [0.25, 0.3) is 10.6 Å². The number of hydrogen-bond donors (Lipinski definition) is 1. The molecule has 0 saturated heterocycles. The monoisotopic (exact) mass is 386 g/mol. The first-order valence-electron chi connectivity index (χ1n) is 8.23. The third-order valence-electron chi connectivity index (χ3n) is 4.04. The van der Waals surface area contributed by atoms with Crippen LogP contribution in [0.4, 0.5) is 4.39 Å². The Morgan fingerprint density at radius 1 is 1.15 bits per heavy atom. The van der Waals surface area contributed by atoms with Crippen LogP contribution >= 0.6 is 11.3 Å². The lowest BCUT2D eigenvalue weighted by atomic mass is 10.1. The fraction of sp³-hybridized carbons (Fsp3) is 0.200. The lowest BCUT2D eigenvalue weighted by Crippen LogP contribution is -2.23. The van der Waals surface area contributed by atoms with Gasteiger partial charge in [-0.3, -0.25) is 4.79 Å². The largest absolute Gasteiger partial charge is 0.493 e. The van der Waals surface area contributed by atoms with Gasteiger partial charge in [-0.15, -0.1) is 11.3 Å². The van der Waals surface area contributed by atoms with E-state index >= 15 is 0 Å². The number of aromatic nitrogens is 1. The summed E-state index contributed by atoms with van der Waals surface area (Å²) >= 11 is 1.37. The van der Waals surface area contributed by atoms with E-state index in [-0.39, 0.29) is 11.7 Å². The summed E-state index contributed by atoms with van der Waals surface area (Å²) in [6, 6.07) is 10.2. The third kappa shape index (κ3) is 4.25. The van der Waals surface area contributed by atoms with Gasteiger partial charge in [0.15, 0.2) is 11.5 Å². The minimum Gasteiger partial charge on any atom is -0.493 e. The van der Waals surface area contributed by atoms with Crippen LogP contribution in [0.1, 0.15) is 21.6 Å². The first kappa shape index (κ1) is 18.8. The van der Waals surface area contributed by atoms with Gasteiger partial charge in [0.25, 0.3) is 5.91 Å². The minimum atomic E-state index is -0.278. The molecule has 27 heavy (non-hydrogen) atoms. The van der Waals surface area contributed by atoms with Gasteiger partial charge in [0.2, 0.25) is 0 Å². The van der Waals surface area contributed by atoms with Crippen LogP contribution in [0.5, 0.6) is 11.5 Å². The van der Waals surface area contributed by atoms with E-state index in [9.17, 15) is 9.18 Å². The Balaban J connectivity index is 1.71. The SMILES string of the molecule is COc1ccc(-c2nc(C(=O)NCc3ccc(F)c(C)c3)cs2)cc1OC. The molecule has 0 aliphatic carbocycles. The lowest BCUT2D eigenvalue weighted by Gasteiger charge is -2.08. The predicted octanol–water partition coefficient (Wildman–Crippen LogP) is 4.20. The molecule has 1 N–H and O–H groups in total. The van der Waals surface area contributed by atoms with Crippen molar-refractivity contribution in [3.63, 3.8) is 0 Å². The van der Waals surface area contributed by atoms with Crippen molar-refractivity contribution in [1.29, 1.82) is 0 Å². The van der Waals surface area contributed by atoms with Crippen molar-refractivity contribution in [3.05, 3.63) is 64.4 Å². The number of carbonyl (C=O) groups excluding carboxylic acids is 1. The van der Waals surface area contributed by atoms with Gasteiger partial charge in [-0.25, -0.2) is 9.37 Å². The summed E-state index contributed by atoms with van der Waals surface area (Å²) in [4.78, 5) is 16.8. The first-order chi connectivity index (χ1) is 13.0. The molecule has 5 nitrogen and oxygen atoms in total. The number of halogens is 1. The Kier molecular flexibility index (Phi) is 5.71. The van der Waals surface area contributed by atoms with E-state index in [1.165, 1.54) is 17.4 Å². The van der Waals surface area contributed by atoms with E-state index in [2.05, 4.69) is 10.3 Å². The van der Waals surface area contributed by atoms with Gasteiger partial charge in [-0.05, 0) is 42.3 Å². The van der Waals surface area contributed by atoms with Gasteiger partial charge < -0.3 is 14.8 Å². The van der Waals surface area contributed by atoms with Gasteiger partial charge in [-0.2, -0.15) is 0 Å². The summed E-state index contributed by atoms with van der Waals surface area (Å²) < 4.78 is 23.9. The maximum absolute atomic E-state index is 13.3. The van der Waals surface area contributed by atoms with E-state index in [4.69, 9.17) is 9.47 Å². The predicted molar refractivity (Wildman–Crippen MR) is 103 cm³/mol. The Hall–Kier alpha value is -2.93. The zero-order valence-electron chi connectivity index (χ0n) is 15.2. The molecule has 0 spiro atoms. The number of thiazole rings is 1. The molecule has 1 heterocycles. The van der Waals surface area contributed by atoms with Crippen molar-refractivity contribution in [2.45, 2.75) is 13.5 Å². The van der Waals surface area contributed by atoms with Gasteiger partial charge >= 0.3 is 0 Å². The number of hydrogen-bond acceptors (Lipinski definition) is 5.